The summed E-state index contributed by atoms with van der Waals surface area (Å²) in [5.41, 5.74) is 3.49. The van der Waals surface area contributed by atoms with E-state index in [1.54, 1.807) is 11.3 Å². The van der Waals surface area contributed by atoms with Gasteiger partial charge in [0.15, 0.2) is 5.13 Å². The number of nitrogens with zero attached hydrogens (tertiary/aromatic N) is 3. The highest BCUT2D eigenvalue weighted by atomic mass is 32.1. The van der Waals surface area contributed by atoms with E-state index in [2.05, 4.69) is 48.0 Å². The molecule has 0 unspecified atom stereocenters. The summed E-state index contributed by atoms with van der Waals surface area (Å²) >= 11 is 1.62. The van der Waals surface area contributed by atoms with Crippen LogP contribution in [0.3, 0.4) is 0 Å². The van der Waals surface area contributed by atoms with Crippen molar-refractivity contribution in [3.63, 3.8) is 0 Å². The molecule has 0 bridgehead atoms. The van der Waals surface area contributed by atoms with Gasteiger partial charge in [0.25, 0.3) is 0 Å². The van der Waals surface area contributed by atoms with E-state index in [0.717, 1.165) is 41.6 Å². The first kappa shape index (κ1) is 14.4. The summed E-state index contributed by atoms with van der Waals surface area (Å²) in [7, 11) is 2.12. The van der Waals surface area contributed by atoms with E-state index in [0.29, 0.717) is 0 Å². The maximum Gasteiger partial charge on any atom is 0.190 e. The summed E-state index contributed by atoms with van der Waals surface area (Å²) in [6, 6.07) is 8.43. The second kappa shape index (κ2) is 6.03. The first-order valence-electron chi connectivity index (χ1n) is 7.41. The molecule has 5 heteroatoms. The Morgan fingerprint density at radius 1 is 1.24 bits per heavy atom. The molecule has 3 rings (SSSR count). The van der Waals surface area contributed by atoms with Crippen LogP contribution in [-0.2, 0) is 13.0 Å². The van der Waals surface area contributed by atoms with Crippen LogP contribution in [0.4, 0.5) is 16.5 Å². The average Bonchev–Trinajstić information content (AvgIpc) is 2.91. The smallest absolute Gasteiger partial charge is 0.190 e. The van der Waals surface area contributed by atoms with Gasteiger partial charge in [0, 0.05) is 20.1 Å². The van der Waals surface area contributed by atoms with Gasteiger partial charge in [-0.15, -0.1) is 0 Å². The molecule has 21 heavy (non-hydrogen) atoms. The number of likely N-dealkylation sites (N-methyl/N-ethyl adjacent to an activating group) is 1. The Hall–Kier alpha value is -1.59. The molecular formula is C16H21N3OS. The van der Waals surface area contributed by atoms with E-state index >= 15 is 0 Å². The van der Waals surface area contributed by atoms with Crippen LogP contribution < -0.4 is 9.80 Å². The van der Waals surface area contributed by atoms with Crippen molar-refractivity contribution in [1.29, 1.82) is 0 Å². The number of hydrogen-bond acceptors (Lipinski definition) is 5. The van der Waals surface area contributed by atoms with Crippen molar-refractivity contribution >= 4 is 27.8 Å². The second-order valence-electron chi connectivity index (χ2n) is 5.34. The van der Waals surface area contributed by atoms with E-state index in [1.165, 1.54) is 11.4 Å². The molecule has 1 aromatic carbocycles. The van der Waals surface area contributed by atoms with E-state index in [4.69, 9.17) is 4.98 Å². The lowest BCUT2D eigenvalue weighted by molar-refractivity contribution is 0.284. The Kier molecular flexibility index (Phi) is 4.12. The molecule has 1 aliphatic rings. The Balaban J connectivity index is 1.99. The van der Waals surface area contributed by atoms with Crippen molar-refractivity contribution in [3.8, 4) is 0 Å². The van der Waals surface area contributed by atoms with Crippen LogP contribution in [0.1, 0.15) is 23.9 Å². The number of hydrogen-bond donors (Lipinski definition) is 1. The van der Waals surface area contributed by atoms with Gasteiger partial charge in [0.1, 0.15) is 0 Å². The van der Waals surface area contributed by atoms with Gasteiger partial charge >= 0.3 is 0 Å². The fraction of sp³-hybridized carbons (Fsp3) is 0.438. The summed E-state index contributed by atoms with van der Waals surface area (Å²) in [6.07, 6.45) is 1.98. The highest BCUT2D eigenvalue weighted by molar-refractivity contribution is 7.15. The summed E-state index contributed by atoms with van der Waals surface area (Å²) in [6.45, 7) is 4.14. The van der Waals surface area contributed by atoms with Gasteiger partial charge in [-0.25, -0.2) is 4.98 Å². The van der Waals surface area contributed by atoms with Gasteiger partial charge in [0.2, 0.25) is 0 Å². The Morgan fingerprint density at radius 2 is 2.00 bits per heavy atom. The Bertz CT molecular complexity index is 626. The zero-order valence-electron chi connectivity index (χ0n) is 12.5. The van der Waals surface area contributed by atoms with Crippen molar-refractivity contribution in [2.75, 3.05) is 29.9 Å². The van der Waals surface area contributed by atoms with E-state index < -0.39 is 0 Å². The number of aryl methyl sites for hydroxylation is 1. The molecule has 0 aliphatic carbocycles. The largest absolute Gasteiger partial charge is 0.391 e. The van der Waals surface area contributed by atoms with Gasteiger partial charge in [-0.2, -0.15) is 0 Å². The van der Waals surface area contributed by atoms with E-state index in [-0.39, 0.29) is 6.61 Å². The average molecular weight is 303 g/mol. The van der Waals surface area contributed by atoms with Crippen LogP contribution in [0.25, 0.3) is 0 Å². The number of aliphatic hydroxyl groups excluding tert-OH is 1. The number of anilines is 3. The fourth-order valence-corrected chi connectivity index (χ4v) is 3.75. The summed E-state index contributed by atoms with van der Waals surface area (Å²) < 4.78 is 0. The lowest BCUT2D eigenvalue weighted by atomic mass is 10.2. The predicted octanol–water partition coefficient (Wildman–Crippen LogP) is 3.18. The molecule has 1 aromatic heterocycles. The molecule has 2 heterocycles. The molecule has 0 spiro atoms. The molecule has 0 amide bonds. The summed E-state index contributed by atoms with van der Waals surface area (Å²) in [5.74, 6) is 0. The van der Waals surface area contributed by atoms with Crippen LogP contribution in [0, 0.1) is 0 Å². The lowest BCUT2D eigenvalue weighted by Gasteiger charge is -2.35. The maximum atomic E-state index is 9.54. The van der Waals surface area contributed by atoms with Gasteiger partial charge in [-0.1, -0.05) is 36.8 Å². The standard InChI is InChI=1S/C16H21N3OS/c1-3-6-12-15(11-20)21-16(17-12)19-10-9-18(2)13-7-4-5-8-14(13)19/h4-5,7-8,20H,3,6,9-11H2,1-2H3. The van der Waals surface area contributed by atoms with Crippen molar-refractivity contribution < 1.29 is 5.11 Å². The Morgan fingerprint density at radius 3 is 2.71 bits per heavy atom. The SMILES string of the molecule is CCCc1nc(N2CCN(C)c3ccccc32)sc1CO. The lowest BCUT2D eigenvalue weighted by Crippen LogP contribution is -2.36. The topological polar surface area (TPSA) is 39.6 Å². The second-order valence-corrected chi connectivity index (χ2v) is 6.40. The molecule has 0 radical (unpaired) electrons. The number of aliphatic hydroxyl groups is 1. The van der Waals surface area contributed by atoms with Gasteiger partial charge in [0.05, 0.1) is 28.6 Å². The van der Waals surface area contributed by atoms with E-state index in [9.17, 15) is 5.11 Å². The molecule has 1 aliphatic heterocycles. The number of para-hydroxylation sites is 2. The number of benzene rings is 1. The van der Waals surface area contributed by atoms with Crippen LogP contribution in [0.5, 0.6) is 0 Å². The molecule has 112 valence electrons. The Labute approximate surface area is 129 Å². The van der Waals surface area contributed by atoms with Crippen LogP contribution in [0.15, 0.2) is 24.3 Å². The summed E-state index contributed by atoms with van der Waals surface area (Å²) in [5, 5.41) is 10.5. The number of fused-ring (bicyclic) bond motifs is 1. The molecule has 0 fully saturated rings. The quantitative estimate of drug-likeness (QED) is 0.941. The normalized spacial score (nSPS) is 14.4. The van der Waals surface area contributed by atoms with Gasteiger partial charge in [-0.05, 0) is 18.6 Å². The molecular weight excluding hydrogens is 282 g/mol. The third kappa shape index (κ3) is 2.63. The number of rotatable bonds is 4. The van der Waals surface area contributed by atoms with Gasteiger partial charge < -0.3 is 14.9 Å². The van der Waals surface area contributed by atoms with Crippen LogP contribution >= 0.6 is 11.3 Å². The minimum Gasteiger partial charge on any atom is -0.391 e. The highest BCUT2D eigenvalue weighted by Gasteiger charge is 2.24. The molecule has 4 nitrogen and oxygen atoms in total. The van der Waals surface area contributed by atoms with Crippen molar-refractivity contribution in [2.24, 2.45) is 0 Å². The molecule has 1 N–H and O–H groups in total. The third-order valence-electron chi connectivity index (χ3n) is 3.87. The van der Waals surface area contributed by atoms with Crippen molar-refractivity contribution in [3.05, 3.63) is 34.8 Å². The molecule has 0 atom stereocenters. The molecule has 0 saturated heterocycles. The first-order chi connectivity index (χ1) is 10.2. The van der Waals surface area contributed by atoms with Crippen molar-refractivity contribution in [2.45, 2.75) is 26.4 Å². The molecule has 0 saturated carbocycles. The maximum absolute atomic E-state index is 9.54. The number of thiazole rings is 1. The highest BCUT2D eigenvalue weighted by Crippen LogP contribution is 2.39. The zero-order chi connectivity index (χ0) is 14.8. The summed E-state index contributed by atoms with van der Waals surface area (Å²) in [4.78, 5) is 10.3. The third-order valence-corrected chi connectivity index (χ3v) is 4.98. The number of aromatic nitrogens is 1. The minimum atomic E-state index is 0.0857. The fourth-order valence-electron chi connectivity index (χ4n) is 2.75. The predicted molar refractivity (Wildman–Crippen MR) is 88.7 cm³/mol. The van der Waals surface area contributed by atoms with Crippen LogP contribution in [0.2, 0.25) is 0 Å². The monoisotopic (exact) mass is 303 g/mol. The van der Waals surface area contributed by atoms with Gasteiger partial charge in [-0.3, -0.25) is 0 Å². The minimum absolute atomic E-state index is 0.0857. The van der Waals surface area contributed by atoms with Crippen LogP contribution in [-0.4, -0.2) is 30.2 Å². The van der Waals surface area contributed by atoms with Crippen molar-refractivity contribution in [1.82, 2.24) is 4.98 Å². The zero-order valence-corrected chi connectivity index (χ0v) is 13.4. The van der Waals surface area contributed by atoms with E-state index in [1.807, 2.05) is 0 Å². The first-order valence-corrected chi connectivity index (χ1v) is 8.23. The molecule has 2 aromatic rings.